The summed E-state index contributed by atoms with van der Waals surface area (Å²) in [5.41, 5.74) is 7.26. The highest BCUT2D eigenvalue weighted by Crippen LogP contribution is 2.29. The quantitative estimate of drug-likeness (QED) is 0.898. The minimum Gasteiger partial charge on any atom is -0.487 e. The molecule has 0 radical (unpaired) electrons. The zero-order valence-corrected chi connectivity index (χ0v) is 12.3. The van der Waals surface area contributed by atoms with Gasteiger partial charge in [0.1, 0.15) is 18.2 Å². The molecule has 2 aromatic rings. The number of hydrogen-bond acceptors (Lipinski definition) is 2. The number of para-hydroxylation sites is 1. The van der Waals surface area contributed by atoms with E-state index in [1.807, 2.05) is 18.2 Å². The molecule has 0 aromatic heterocycles. The van der Waals surface area contributed by atoms with Crippen molar-refractivity contribution in [3.63, 3.8) is 0 Å². The molecule has 0 fully saturated rings. The van der Waals surface area contributed by atoms with E-state index >= 15 is 0 Å². The van der Waals surface area contributed by atoms with E-state index in [0.29, 0.717) is 17.9 Å². The first-order chi connectivity index (χ1) is 9.11. The Labute approximate surface area is 124 Å². The molecule has 100 valence electrons. The molecule has 0 heterocycles. The van der Waals surface area contributed by atoms with Crippen LogP contribution in [-0.4, -0.2) is 0 Å². The Balaban J connectivity index is 2.16. The van der Waals surface area contributed by atoms with Gasteiger partial charge >= 0.3 is 0 Å². The van der Waals surface area contributed by atoms with Crippen LogP contribution in [-0.2, 0) is 13.2 Å². The van der Waals surface area contributed by atoms with Crippen molar-refractivity contribution in [1.82, 2.24) is 0 Å². The van der Waals surface area contributed by atoms with Crippen LogP contribution in [0.15, 0.2) is 40.9 Å². The fourth-order valence-corrected chi connectivity index (χ4v) is 2.30. The van der Waals surface area contributed by atoms with Gasteiger partial charge < -0.3 is 10.5 Å². The minimum atomic E-state index is -0.450. The lowest BCUT2D eigenvalue weighted by Crippen LogP contribution is -2.03. The monoisotopic (exact) mass is 343 g/mol. The van der Waals surface area contributed by atoms with Gasteiger partial charge in [0.05, 0.1) is 9.50 Å². The summed E-state index contributed by atoms with van der Waals surface area (Å²) >= 11 is 9.04. The molecule has 0 atom stereocenters. The number of rotatable bonds is 4. The molecule has 2 aromatic carbocycles. The standard InChI is InChI=1S/C14H12BrClFNO/c15-11-3-1-2-10(7-18)14(11)19-8-9-4-5-12(16)13(17)6-9/h1-6H,7-8,18H2. The summed E-state index contributed by atoms with van der Waals surface area (Å²) in [4.78, 5) is 0. The lowest BCUT2D eigenvalue weighted by molar-refractivity contribution is 0.300. The summed E-state index contributed by atoms with van der Waals surface area (Å²) in [5.74, 6) is 0.231. The number of halogens is 3. The number of benzene rings is 2. The maximum atomic E-state index is 13.3. The highest BCUT2D eigenvalue weighted by molar-refractivity contribution is 9.10. The molecule has 2 nitrogen and oxygen atoms in total. The van der Waals surface area contributed by atoms with Crippen LogP contribution < -0.4 is 10.5 Å². The average Bonchev–Trinajstić information content (AvgIpc) is 2.41. The Morgan fingerprint density at radius 2 is 2.05 bits per heavy atom. The van der Waals surface area contributed by atoms with Gasteiger partial charge in [-0.05, 0) is 39.7 Å². The molecule has 2 rings (SSSR count). The summed E-state index contributed by atoms with van der Waals surface area (Å²) < 4.78 is 19.8. The molecule has 5 heteroatoms. The summed E-state index contributed by atoms with van der Waals surface area (Å²) in [7, 11) is 0. The lowest BCUT2D eigenvalue weighted by atomic mass is 10.2. The molecule has 0 saturated carbocycles. The van der Waals surface area contributed by atoms with Gasteiger partial charge in [-0.3, -0.25) is 0 Å². The van der Waals surface area contributed by atoms with Gasteiger partial charge in [-0.25, -0.2) is 4.39 Å². The Morgan fingerprint density at radius 3 is 2.74 bits per heavy atom. The van der Waals surface area contributed by atoms with Crippen molar-refractivity contribution in [2.45, 2.75) is 13.2 Å². The van der Waals surface area contributed by atoms with Crippen molar-refractivity contribution >= 4 is 27.5 Å². The Kier molecular flexibility index (Phi) is 4.80. The maximum absolute atomic E-state index is 13.3. The third-order valence-corrected chi connectivity index (χ3v) is 3.57. The van der Waals surface area contributed by atoms with Crippen molar-refractivity contribution in [1.29, 1.82) is 0 Å². The molecule has 0 saturated heterocycles. The van der Waals surface area contributed by atoms with Gasteiger partial charge in [-0.1, -0.05) is 29.8 Å². The summed E-state index contributed by atoms with van der Waals surface area (Å²) in [5, 5.41) is 0.104. The average molecular weight is 345 g/mol. The molecule has 0 aliphatic carbocycles. The zero-order chi connectivity index (χ0) is 13.8. The van der Waals surface area contributed by atoms with Gasteiger partial charge in [-0.2, -0.15) is 0 Å². The minimum absolute atomic E-state index is 0.104. The molecule has 19 heavy (non-hydrogen) atoms. The van der Waals surface area contributed by atoms with E-state index in [4.69, 9.17) is 22.1 Å². The van der Waals surface area contributed by atoms with Crippen molar-refractivity contribution in [2.24, 2.45) is 5.73 Å². The normalized spacial score (nSPS) is 10.5. The first kappa shape index (κ1) is 14.3. The van der Waals surface area contributed by atoms with Gasteiger partial charge in [0, 0.05) is 12.1 Å². The van der Waals surface area contributed by atoms with Crippen LogP contribution in [0.25, 0.3) is 0 Å². The van der Waals surface area contributed by atoms with Crippen LogP contribution >= 0.6 is 27.5 Å². The smallest absolute Gasteiger partial charge is 0.142 e. The van der Waals surface area contributed by atoms with Gasteiger partial charge in [0.2, 0.25) is 0 Å². The van der Waals surface area contributed by atoms with Crippen molar-refractivity contribution in [3.8, 4) is 5.75 Å². The van der Waals surface area contributed by atoms with E-state index in [1.54, 1.807) is 6.07 Å². The van der Waals surface area contributed by atoms with Crippen LogP contribution in [0.3, 0.4) is 0 Å². The third kappa shape index (κ3) is 3.47. The maximum Gasteiger partial charge on any atom is 0.142 e. The fraction of sp³-hybridized carbons (Fsp3) is 0.143. The van der Waals surface area contributed by atoms with E-state index in [-0.39, 0.29) is 11.6 Å². The number of nitrogens with two attached hydrogens (primary N) is 1. The second-order valence-electron chi connectivity index (χ2n) is 3.97. The fourth-order valence-electron chi connectivity index (χ4n) is 1.66. The molecular formula is C14H12BrClFNO. The first-order valence-electron chi connectivity index (χ1n) is 5.66. The van der Waals surface area contributed by atoms with Crippen LogP contribution in [0.1, 0.15) is 11.1 Å². The van der Waals surface area contributed by atoms with Crippen LogP contribution in [0.2, 0.25) is 5.02 Å². The van der Waals surface area contributed by atoms with Gasteiger partial charge in [0.15, 0.2) is 0 Å². The zero-order valence-electron chi connectivity index (χ0n) is 10.00. The predicted octanol–water partition coefficient (Wildman–Crippen LogP) is 4.28. The van der Waals surface area contributed by atoms with Crippen molar-refractivity contribution in [3.05, 3.63) is 62.8 Å². The topological polar surface area (TPSA) is 35.2 Å². The highest BCUT2D eigenvalue weighted by Gasteiger charge is 2.08. The van der Waals surface area contributed by atoms with Crippen molar-refractivity contribution in [2.75, 3.05) is 0 Å². The van der Waals surface area contributed by atoms with Crippen LogP contribution in [0.4, 0.5) is 4.39 Å². The summed E-state index contributed by atoms with van der Waals surface area (Å²) in [6.45, 7) is 0.632. The van der Waals surface area contributed by atoms with E-state index in [0.717, 1.165) is 10.0 Å². The van der Waals surface area contributed by atoms with Crippen LogP contribution in [0.5, 0.6) is 5.75 Å². The second kappa shape index (κ2) is 6.37. The van der Waals surface area contributed by atoms with Gasteiger partial charge in [0.25, 0.3) is 0 Å². The summed E-state index contributed by atoms with van der Waals surface area (Å²) in [6, 6.07) is 10.3. The van der Waals surface area contributed by atoms with E-state index in [2.05, 4.69) is 15.9 Å². The molecule has 0 amide bonds. The molecule has 2 N–H and O–H groups in total. The highest BCUT2D eigenvalue weighted by atomic mass is 79.9. The predicted molar refractivity (Wildman–Crippen MR) is 77.8 cm³/mol. The number of ether oxygens (including phenoxy) is 1. The third-order valence-electron chi connectivity index (χ3n) is 2.64. The molecular weight excluding hydrogens is 333 g/mol. The second-order valence-corrected chi connectivity index (χ2v) is 5.23. The van der Waals surface area contributed by atoms with E-state index in [1.165, 1.54) is 12.1 Å². The Bertz CT molecular complexity index is 592. The lowest BCUT2D eigenvalue weighted by Gasteiger charge is -2.12. The first-order valence-corrected chi connectivity index (χ1v) is 6.83. The Morgan fingerprint density at radius 1 is 1.26 bits per heavy atom. The van der Waals surface area contributed by atoms with Crippen LogP contribution in [0, 0.1) is 5.82 Å². The summed E-state index contributed by atoms with van der Waals surface area (Å²) in [6.07, 6.45) is 0. The molecule has 0 spiro atoms. The molecule has 0 aliphatic rings. The molecule has 0 unspecified atom stereocenters. The molecule has 0 bridgehead atoms. The largest absolute Gasteiger partial charge is 0.487 e. The van der Waals surface area contributed by atoms with E-state index < -0.39 is 5.82 Å². The van der Waals surface area contributed by atoms with E-state index in [9.17, 15) is 4.39 Å². The number of hydrogen-bond donors (Lipinski definition) is 1. The molecule has 0 aliphatic heterocycles. The van der Waals surface area contributed by atoms with Gasteiger partial charge in [-0.15, -0.1) is 0 Å². The Hall–Kier alpha value is -1.10. The van der Waals surface area contributed by atoms with Crippen molar-refractivity contribution < 1.29 is 9.13 Å². The SMILES string of the molecule is NCc1cccc(Br)c1OCc1ccc(Cl)c(F)c1.